The van der Waals surface area contributed by atoms with Gasteiger partial charge in [-0.25, -0.2) is 8.42 Å². The lowest BCUT2D eigenvalue weighted by Crippen LogP contribution is -2.43. The molecular weight excluding hydrogens is 396 g/mol. The molecule has 156 valence electrons. The lowest BCUT2D eigenvalue weighted by atomic mass is 9.98. The molecule has 0 saturated carbocycles. The Hall–Kier alpha value is -2.70. The number of piperidine rings is 1. The minimum Gasteiger partial charge on any atom is -0.326 e. The number of benzene rings is 3. The molecule has 1 amide bonds. The van der Waals surface area contributed by atoms with Crippen molar-refractivity contribution in [3.05, 3.63) is 72.3 Å². The molecule has 6 heteroatoms. The van der Waals surface area contributed by atoms with Crippen LogP contribution in [0.4, 0.5) is 5.69 Å². The third-order valence-corrected chi connectivity index (χ3v) is 7.63. The van der Waals surface area contributed by atoms with E-state index in [1.165, 1.54) is 4.31 Å². The molecule has 4 rings (SSSR count). The maximum Gasteiger partial charge on any atom is 0.243 e. The average Bonchev–Trinajstić information content (AvgIpc) is 2.79. The Morgan fingerprint density at radius 1 is 1.03 bits per heavy atom. The second kappa shape index (κ2) is 8.58. The number of carbonyl (C=O) groups excluding carboxylic acids is 1. The fourth-order valence-electron chi connectivity index (χ4n) is 4.04. The van der Waals surface area contributed by atoms with E-state index in [0.29, 0.717) is 19.4 Å². The van der Waals surface area contributed by atoms with Crippen molar-refractivity contribution in [1.29, 1.82) is 0 Å². The number of anilines is 1. The Morgan fingerprint density at radius 2 is 1.77 bits per heavy atom. The molecule has 0 aromatic heterocycles. The zero-order valence-electron chi connectivity index (χ0n) is 17.0. The first kappa shape index (κ1) is 20.6. The van der Waals surface area contributed by atoms with Gasteiger partial charge in [-0.2, -0.15) is 4.31 Å². The lowest BCUT2D eigenvalue weighted by Gasteiger charge is -2.31. The van der Waals surface area contributed by atoms with Crippen molar-refractivity contribution in [1.82, 2.24) is 4.31 Å². The molecule has 0 unspecified atom stereocenters. The number of nitrogens with zero attached hydrogens (tertiary/aromatic N) is 1. The molecule has 3 aromatic rings. The van der Waals surface area contributed by atoms with Gasteiger partial charge in [0.25, 0.3) is 0 Å². The number of rotatable bonds is 5. The Labute approximate surface area is 177 Å². The number of hydrogen-bond donors (Lipinski definition) is 1. The number of aryl methyl sites for hydroxylation is 1. The van der Waals surface area contributed by atoms with Crippen molar-refractivity contribution < 1.29 is 13.2 Å². The highest BCUT2D eigenvalue weighted by molar-refractivity contribution is 7.89. The van der Waals surface area contributed by atoms with E-state index in [1.807, 2.05) is 61.5 Å². The zero-order chi connectivity index (χ0) is 21.1. The Bertz CT molecular complexity index is 1170. The number of para-hydroxylation sites is 1. The molecule has 1 heterocycles. The van der Waals surface area contributed by atoms with Crippen LogP contribution in [-0.4, -0.2) is 31.7 Å². The molecule has 1 atom stereocenters. The normalized spacial score (nSPS) is 17.7. The van der Waals surface area contributed by atoms with Gasteiger partial charge in [-0.3, -0.25) is 4.79 Å². The Balaban J connectivity index is 1.53. The maximum absolute atomic E-state index is 13.3. The molecule has 0 radical (unpaired) electrons. The van der Waals surface area contributed by atoms with Gasteiger partial charge in [0.1, 0.15) is 0 Å². The highest BCUT2D eigenvalue weighted by Gasteiger charge is 2.33. The van der Waals surface area contributed by atoms with Gasteiger partial charge in [0.2, 0.25) is 15.9 Å². The van der Waals surface area contributed by atoms with E-state index in [9.17, 15) is 13.2 Å². The van der Waals surface area contributed by atoms with Gasteiger partial charge < -0.3 is 5.32 Å². The monoisotopic (exact) mass is 422 g/mol. The standard InChI is InChI=1S/C24H26N2O3S/c1-2-18-8-5-6-12-23(18)25-24(27)21-11-7-15-26(17-21)30(28,29)22-14-13-19-9-3-4-10-20(19)16-22/h3-6,8-10,12-14,16,21H,2,7,11,15,17H2,1H3,(H,25,27)/t21-/m1/s1. The third kappa shape index (κ3) is 4.11. The second-order valence-corrected chi connectivity index (χ2v) is 9.65. The van der Waals surface area contributed by atoms with Gasteiger partial charge >= 0.3 is 0 Å². The molecule has 5 nitrogen and oxygen atoms in total. The summed E-state index contributed by atoms with van der Waals surface area (Å²) < 4.78 is 28.0. The van der Waals surface area contributed by atoms with Crippen LogP contribution in [0.2, 0.25) is 0 Å². The van der Waals surface area contributed by atoms with Gasteiger partial charge in [0, 0.05) is 18.8 Å². The minimum absolute atomic E-state index is 0.116. The highest BCUT2D eigenvalue weighted by atomic mass is 32.2. The van der Waals surface area contributed by atoms with Crippen molar-refractivity contribution in [2.75, 3.05) is 18.4 Å². The smallest absolute Gasteiger partial charge is 0.243 e. The summed E-state index contributed by atoms with van der Waals surface area (Å²) in [6, 6.07) is 20.6. The Kier molecular flexibility index (Phi) is 5.88. The third-order valence-electron chi connectivity index (χ3n) is 5.77. The molecule has 1 aliphatic heterocycles. The van der Waals surface area contributed by atoms with Crippen LogP contribution in [0.3, 0.4) is 0 Å². The summed E-state index contributed by atoms with van der Waals surface area (Å²) in [4.78, 5) is 13.2. The number of nitrogens with one attached hydrogen (secondary N) is 1. The summed E-state index contributed by atoms with van der Waals surface area (Å²) in [7, 11) is -3.65. The maximum atomic E-state index is 13.3. The number of sulfonamides is 1. The van der Waals surface area contributed by atoms with Crippen molar-refractivity contribution in [3.8, 4) is 0 Å². The van der Waals surface area contributed by atoms with Gasteiger partial charge in [0.15, 0.2) is 0 Å². The lowest BCUT2D eigenvalue weighted by molar-refractivity contribution is -0.120. The van der Waals surface area contributed by atoms with E-state index >= 15 is 0 Å². The van der Waals surface area contributed by atoms with Crippen LogP contribution in [0.15, 0.2) is 71.6 Å². The summed E-state index contributed by atoms with van der Waals surface area (Å²) in [5, 5.41) is 4.90. The minimum atomic E-state index is -3.65. The summed E-state index contributed by atoms with van der Waals surface area (Å²) in [5.41, 5.74) is 1.88. The zero-order valence-corrected chi connectivity index (χ0v) is 17.9. The summed E-state index contributed by atoms with van der Waals surface area (Å²) in [5.74, 6) is -0.479. The molecule has 3 aromatic carbocycles. The first-order chi connectivity index (χ1) is 14.5. The Morgan fingerprint density at radius 3 is 2.57 bits per heavy atom. The van der Waals surface area contributed by atoms with Crippen LogP contribution in [0.1, 0.15) is 25.3 Å². The predicted octanol–water partition coefficient (Wildman–Crippen LogP) is 4.44. The van der Waals surface area contributed by atoms with E-state index < -0.39 is 10.0 Å². The predicted molar refractivity (Wildman–Crippen MR) is 120 cm³/mol. The van der Waals surface area contributed by atoms with Gasteiger partial charge in [-0.1, -0.05) is 55.5 Å². The number of hydrogen-bond acceptors (Lipinski definition) is 3. The molecule has 1 saturated heterocycles. The van der Waals surface area contributed by atoms with Crippen LogP contribution >= 0.6 is 0 Å². The number of carbonyl (C=O) groups is 1. The molecule has 30 heavy (non-hydrogen) atoms. The van der Waals surface area contributed by atoms with Crippen LogP contribution in [0.25, 0.3) is 10.8 Å². The first-order valence-electron chi connectivity index (χ1n) is 10.4. The SMILES string of the molecule is CCc1ccccc1NC(=O)[C@@H]1CCCN(S(=O)(=O)c2ccc3ccccc3c2)C1. The van der Waals surface area contributed by atoms with Crippen molar-refractivity contribution in [2.24, 2.45) is 5.92 Å². The second-order valence-electron chi connectivity index (χ2n) is 7.71. The molecule has 1 N–H and O–H groups in total. The van der Waals surface area contributed by atoms with E-state index in [-0.39, 0.29) is 23.3 Å². The van der Waals surface area contributed by atoms with Crippen molar-refractivity contribution in [2.45, 2.75) is 31.1 Å². The van der Waals surface area contributed by atoms with Crippen molar-refractivity contribution in [3.63, 3.8) is 0 Å². The molecule has 1 aliphatic rings. The summed E-state index contributed by atoms with van der Waals surface area (Å²) in [6.07, 6.45) is 2.17. The van der Waals surface area contributed by atoms with Gasteiger partial charge in [-0.05, 0) is 53.8 Å². The average molecular weight is 423 g/mol. The summed E-state index contributed by atoms with van der Waals surface area (Å²) in [6.45, 7) is 2.68. The first-order valence-corrected chi connectivity index (χ1v) is 11.8. The summed E-state index contributed by atoms with van der Waals surface area (Å²) >= 11 is 0. The molecular formula is C24H26N2O3S. The topological polar surface area (TPSA) is 66.5 Å². The van der Waals surface area contributed by atoms with E-state index in [2.05, 4.69) is 5.32 Å². The molecule has 0 bridgehead atoms. The number of fused-ring (bicyclic) bond motifs is 1. The van der Waals surface area contributed by atoms with Crippen LogP contribution < -0.4 is 5.32 Å². The molecule has 1 fully saturated rings. The van der Waals surface area contributed by atoms with Crippen LogP contribution in [0.5, 0.6) is 0 Å². The van der Waals surface area contributed by atoms with Crippen LogP contribution in [-0.2, 0) is 21.2 Å². The van der Waals surface area contributed by atoms with Gasteiger partial charge in [-0.15, -0.1) is 0 Å². The van der Waals surface area contributed by atoms with Crippen LogP contribution in [0, 0.1) is 5.92 Å². The van der Waals surface area contributed by atoms with Crippen molar-refractivity contribution >= 4 is 32.4 Å². The van der Waals surface area contributed by atoms with E-state index in [0.717, 1.165) is 28.4 Å². The fraction of sp³-hybridized carbons (Fsp3) is 0.292. The van der Waals surface area contributed by atoms with E-state index in [4.69, 9.17) is 0 Å². The van der Waals surface area contributed by atoms with Gasteiger partial charge in [0.05, 0.1) is 10.8 Å². The van der Waals surface area contributed by atoms with E-state index in [1.54, 1.807) is 12.1 Å². The number of amides is 1. The fourth-order valence-corrected chi connectivity index (χ4v) is 5.60. The quantitative estimate of drug-likeness (QED) is 0.661. The molecule has 0 aliphatic carbocycles. The largest absolute Gasteiger partial charge is 0.326 e. The molecule has 0 spiro atoms. The highest BCUT2D eigenvalue weighted by Crippen LogP contribution is 2.27.